The van der Waals surface area contributed by atoms with Crippen molar-refractivity contribution in [3.05, 3.63) is 90.9 Å². The van der Waals surface area contributed by atoms with Gasteiger partial charge in [0.25, 0.3) is 0 Å². The number of aromatic nitrogens is 2. The third-order valence-electron chi connectivity index (χ3n) is 3.91. The van der Waals surface area contributed by atoms with E-state index in [1.807, 2.05) is 48.7 Å². The summed E-state index contributed by atoms with van der Waals surface area (Å²) in [6.45, 7) is 0.462. The van der Waals surface area contributed by atoms with Crippen molar-refractivity contribution in [1.29, 1.82) is 0 Å². The first kappa shape index (κ1) is 14.4. The van der Waals surface area contributed by atoms with E-state index < -0.39 is 0 Å². The van der Waals surface area contributed by atoms with Crippen molar-refractivity contribution in [1.82, 2.24) is 9.97 Å². The van der Waals surface area contributed by atoms with Crippen molar-refractivity contribution in [2.45, 2.75) is 6.61 Å². The van der Waals surface area contributed by atoms with Gasteiger partial charge >= 0.3 is 0 Å². The normalized spacial score (nSPS) is 10.7. The molecule has 0 aliphatic carbocycles. The molecule has 0 bridgehead atoms. The second kappa shape index (κ2) is 6.50. The van der Waals surface area contributed by atoms with E-state index in [2.05, 4.69) is 34.2 Å². The van der Waals surface area contributed by atoms with Crippen LogP contribution in [0.1, 0.15) is 5.56 Å². The van der Waals surface area contributed by atoms with Gasteiger partial charge in [-0.15, -0.1) is 0 Å². The van der Waals surface area contributed by atoms with Crippen LogP contribution in [-0.4, -0.2) is 9.97 Å². The van der Waals surface area contributed by atoms with Crippen LogP contribution in [0.4, 0.5) is 0 Å². The molecule has 0 amide bonds. The Balaban J connectivity index is 1.59. The summed E-state index contributed by atoms with van der Waals surface area (Å²) in [5, 5.41) is 1.12. The fraction of sp³-hybridized carbons (Fsp3) is 0.0476. The lowest BCUT2D eigenvalue weighted by molar-refractivity contribution is 0.306. The summed E-state index contributed by atoms with van der Waals surface area (Å²) in [5.74, 6) is 0.775. The molecular formula is C21H16N2O. The predicted molar refractivity (Wildman–Crippen MR) is 95.7 cm³/mol. The zero-order chi connectivity index (χ0) is 16.2. The Bertz CT molecular complexity index is 967. The minimum atomic E-state index is 0.462. The molecule has 3 heteroatoms. The molecule has 0 spiro atoms. The van der Waals surface area contributed by atoms with E-state index in [4.69, 9.17) is 4.74 Å². The van der Waals surface area contributed by atoms with Crippen LogP contribution >= 0.6 is 0 Å². The van der Waals surface area contributed by atoms with E-state index in [0.29, 0.717) is 6.61 Å². The molecule has 3 nitrogen and oxygen atoms in total. The molecule has 2 aromatic carbocycles. The lowest BCUT2D eigenvalue weighted by Crippen LogP contribution is -1.98. The highest BCUT2D eigenvalue weighted by Crippen LogP contribution is 2.29. The SMILES string of the molecule is c1ccc(-c2ccncc2OCc2cnc3ccccc3c2)cc1. The number of benzene rings is 2. The third kappa shape index (κ3) is 2.97. The van der Waals surface area contributed by atoms with Crippen molar-refractivity contribution in [2.24, 2.45) is 0 Å². The molecule has 4 rings (SSSR count). The maximum atomic E-state index is 6.02. The van der Waals surface area contributed by atoms with Gasteiger partial charge in [-0.05, 0) is 23.8 Å². The maximum Gasteiger partial charge on any atom is 0.145 e. The minimum Gasteiger partial charge on any atom is -0.487 e. The Hall–Kier alpha value is -3.20. The molecule has 0 saturated carbocycles. The van der Waals surface area contributed by atoms with Gasteiger partial charge in [0.15, 0.2) is 0 Å². The van der Waals surface area contributed by atoms with Crippen LogP contribution in [0, 0.1) is 0 Å². The van der Waals surface area contributed by atoms with E-state index in [9.17, 15) is 0 Å². The first-order valence-electron chi connectivity index (χ1n) is 7.86. The van der Waals surface area contributed by atoms with Crippen molar-refractivity contribution >= 4 is 10.9 Å². The highest BCUT2D eigenvalue weighted by molar-refractivity contribution is 5.78. The fourth-order valence-electron chi connectivity index (χ4n) is 2.71. The molecule has 0 radical (unpaired) electrons. The van der Waals surface area contributed by atoms with Gasteiger partial charge in [0.1, 0.15) is 12.4 Å². The first-order valence-corrected chi connectivity index (χ1v) is 7.86. The molecule has 116 valence electrons. The zero-order valence-corrected chi connectivity index (χ0v) is 13.1. The Kier molecular flexibility index (Phi) is 3.90. The number of pyridine rings is 2. The monoisotopic (exact) mass is 312 g/mol. The second-order valence-corrected chi connectivity index (χ2v) is 5.56. The van der Waals surface area contributed by atoms with Crippen molar-refractivity contribution < 1.29 is 4.74 Å². The van der Waals surface area contributed by atoms with Gasteiger partial charge in [0.05, 0.1) is 11.7 Å². The first-order chi connectivity index (χ1) is 11.9. The van der Waals surface area contributed by atoms with Crippen LogP contribution in [0.25, 0.3) is 22.0 Å². The number of hydrogen-bond donors (Lipinski definition) is 0. The van der Waals surface area contributed by atoms with E-state index in [1.165, 1.54) is 0 Å². The average Bonchev–Trinajstić information content (AvgIpc) is 2.67. The Morgan fingerprint density at radius 3 is 2.58 bits per heavy atom. The van der Waals surface area contributed by atoms with Gasteiger partial charge in [-0.1, -0.05) is 48.5 Å². The molecule has 0 N–H and O–H groups in total. The summed E-state index contributed by atoms with van der Waals surface area (Å²) in [5.41, 5.74) is 4.19. The van der Waals surface area contributed by atoms with E-state index >= 15 is 0 Å². The van der Waals surface area contributed by atoms with Crippen LogP contribution in [0.3, 0.4) is 0 Å². The van der Waals surface area contributed by atoms with Gasteiger partial charge in [-0.3, -0.25) is 9.97 Å². The standard InChI is InChI=1S/C21H16N2O/c1-2-6-17(7-3-1)19-10-11-22-14-21(19)24-15-16-12-18-8-4-5-9-20(18)23-13-16/h1-14H,15H2. The number of rotatable bonds is 4. The number of ether oxygens (including phenoxy) is 1. The summed E-state index contributed by atoms with van der Waals surface area (Å²) >= 11 is 0. The molecular weight excluding hydrogens is 296 g/mol. The third-order valence-corrected chi connectivity index (χ3v) is 3.91. The topological polar surface area (TPSA) is 35.0 Å². The second-order valence-electron chi connectivity index (χ2n) is 5.56. The Labute approximate surface area is 140 Å². The van der Waals surface area contributed by atoms with Crippen LogP contribution in [0.15, 0.2) is 85.3 Å². The van der Waals surface area contributed by atoms with Crippen molar-refractivity contribution in [3.8, 4) is 16.9 Å². The van der Waals surface area contributed by atoms with Crippen molar-refractivity contribution in [3.63, 3.8) is 0 Å². The Morgan fingerprint density at radius 2 is 1.67 bits per heavy atom. The molecule has 0 atom stereocenters. The lowest BCUT2D eigenvalue weighted by atomic mass is 10.1. The molecule has 24 heavy (non-hydrogen) atoms. The van der Waals surface area contributed by atoms with Crippen LogP contribution in [0.5, 0.6) is 5.75 Å². The smallest absolute Gasteiger partial charge is 0.145 e. The van der Waals surface area contributed by atoms with E-state index in [0.717, 1.165) is 33.3 Å². The summed E-state index contributed by atoms with van der Waals surface area (Å²) < 4.78 is 6.02. The molecule has 2 heterocycles. The van der Waals surface area contributed by atoms with Crippen LogP contribution in [-0.2, 0) is 6.61 Å². The van der Waals surface area contributed by atoms with E-state index in [-0.39, 0.29) is 0 Å². The van der Waals surface area contributed by atoms with Crippen LogP contribution in [0.2, 0.25) is 0 Å². The number of nitrogens with zero attached hydrogens (tertiary/aromatic N) is 2. The van der Waals surface area contributed by atoms with Gasteiger partial charge < -0.3 is 4.74 Å². The Morgan fingerprint density at radius 1 is 0.833 bits per heavy atom. The molecule has 0 unspecified atom stereocenters. The zero-order valence-electron chi connectivity index (χ0n) is 13.1. The molecule has 0 aliphatic heterocycles. The van der Waals surface area contributed by atoms with Gasteiger partial charge in [0.2, 0.25) is 0 Å². The van der Waals surface area contributed by atoms with Gasteiger partial charge in [-0.25, -0.2) is 0 Å². The largest absolute Gasteiger partial charge is 0.487 e. The van der Waals surface area contributed by atoms with Crippen molar-refractivity contribution in [2.75, 3.05) is 0 Å². The predicted octanol–water partition coefficient (Wildman–Crippen LogP) is 4.88. The molecule has 0 fully saturated rings. The highest BCUT2D eigenvalue weighted by Gasteiger charge is 2.07. The summed E-state index contributed by atoms with van der Waals surface area (Å²) in [4.78, 5) is 8.67. The summed E-state index contributed by atoms with van der Waals surface area (Å²) in [6, 6.07) is 22.4. The molecule has 0 saturated heterocycles. The molecule has 0 aliphatic rings. The maximum absolute atomic E-state index is 6.02. The number of hydrogen-bond acceptors (Lipinski definition) is 3. The quantitative estimate of drug-likeness (QED) is 0.539. The molecule has 4 aromatic rings. The van der Waals surface area contributed by atoms with Gasteiger partial charge in [-0.2, -0.15) is 0 Å². The number of fused-ring (bicyclic) bond motifs is 1. The van der Waals surface area contributed by atoms with Crippen LogP contribution < -0.4 is 4.74 Å². The van der Waals surface area contributed by atoms with E-state index in [1.54, 1.807) is 12.4 Å². The summed E-state index contributed by atoms with van der Waals surface area (Å²) in [7, 11) is 0. The minimum absolute atomic E-state index is 0.462. The average molecular weight is 312 g/mol. The lowest BCUT2D eigenvalue weighted by Gasteiger charge is -2.11. The summed E-state index contributed by atoms with van der Waals surface area (Å²) in [6.07, 6.45) is 5.41. The fourth-order valence-corrected chi connectivity index (χ4v) is 2.71. The van der Waals surface area contributed by atoms with Gasteiger partial charge in [0, 0.05) is 28.9 Å². The number of para-hydroxylation sites is 1. The highest BCUT2D eigenvalue weighted by atomic mass is 16.5. The molecule has 2 aromatic heterocycles.